The summed E-state index contributed by atoms with van der Waals surface area (Å²) in [5.41, 5.74) is 0.692. The first-order chi connectivity index (χ1) is 10.1. The largest absolute Gasteiger partial charge is 0.490 e. The SMILES string of the molecule is CCOc1cc(C=O)ccc1OCc1ccc(F)cc1F. The highest BCUT2D eigenvalue weighted by molar-refractivity contribution is 5.76. The van der Waals surface area contributed by atoms with Crippen LogP contribution < -0.4 is 9.47 Å². The van der Waals surface area contributed by atoms with E-state index in [1.807, 2.05) is 0 Å². The van der Waals surface area contributed by atoms with E-state index in [2.05, 4.69) is 0 Å². The number of carbonyl (C=O) groups is 1. The minimum atomic E-state index is -0.669. The molecule has 0 fully saturated rings. The predicted molar refractivity (Wildman–Crippen MR) is 73.7 cm³/mol. The molecular weight excluding hydrogens is 278 g/mol. The summed E-state index contributed by atoms with van der Waals surface area (Å²) < 4.78 is 37.2. The summed E-state index contributed by atoms with van der Waals surface area (Å²) in [4.78, 5) is 10.7. The molecule has 0 heterocycles. The van der Waals surface area contributed by atoms with Crippen molar-refractivity contribution < 1.29 is 23.0 Å². The Morgan fingerprint density at radius 3 is 2.52 bits per heavy atom. The molecule has 21 heavy (non-hydrogen) atoms. The lowest BCUT2D eigenvalue weighted by molar-refractivity contribution is 0.112. The van der Waals surface area contributed by atoms with Crippen molar-refractivity contribution in [3.63, 3.8) is 0 Å². The van der Waals surface area contributed by atoms with Crippen molar-refractivity contribution in [1.29, 1.82) is 0 Å². The van der Waals surface area contributed by atoms with E-state index in [9.17, 15) is 13.6 Å². The van der Waals surface area contributed by atoms with Gasteiger partial charge in [0.2, 0.25) is 0 Å². The first-order valence-corrected chi connectivity index (χ1v) is 6.42. The predicted octanol–water partition coefficient (Wildman–Crippen LogP) is 3.76. The summed E-state index contributed by atoms with van der Waals surface area (Å²) in [5, 5.41) is 0. The molecular formula is C16H14F2O3. The van der Waals surface area contributed by atoms with Gasteiger partial charge in [-0.1, -0.05) is 0 Å². The molecule has 0 aliphatic carbocycles. The van der Waals surface area contributed by atoms with Crippen molar-refractivity contribution in [2.24, 2.45) is 0 Å². The van der Waals surface area contributed by atoms with Gasteiger partial charge >= 0.3 is 0 Å². The third kappa shape index (κ3) is 3.78. The Balaban J connectivity index is 2.17. The molecule has 0 saturated heterocycles. The van der Waals surface area contributed by atoms with Gasteiger partial charge in [-0.15, -0.1) is 0 Å². The minimum Gasteiger partial charge on any atom is -0.490 e. The van der Waals surface area contributed by atoms with E-state index in [4.69, 9.17) is 9.47 Å². The summed E-state index contributed by atoms with van der Waals surface area (Å²) in [5.74, 6) is -0.505. The molecule has 0 N–H and O–H groups in total. The number of carbonyl (C=O) groups excluding carboxylic acids is 1. The third-order valence-electron chi connectivity index (χ3n) is 2.80. The number of aldehydes is 1. The van der Waals surface area contributed by atoms with Crippen LogP contribution in [-0.4, -0.2) is 12.9 Å². The maximum atomic E-state index is 13.5. The molecule has 0 atom stereocenters. The quantitative estimate of drug-likeness (QED) is 0.761. The van der Waals surface area contributed by atoms with Gasteiger partial charge in [-0.2, -0.15) is 0 Å². The molecule has 2 aromatic carbocycles. The monoisotopic (exact) mass is 292 g/mol. The Labute approximate surface area is 121 Å². The molecule has 5 heteroatoms. The van der Waals surface area contributed by atoms with Gasteiger partial charge in [0.1, 0.15) is 24.5 Å². The molecule has 2 rings (SSSR count). The van der Waals surface area contributed by atoms with Gasteiger partial charge in [0, 0.05) is 17.2 Å². The highest BCUT2D eigenvalue weighted by atomic mass is 19.1. The first-order valence-electron chi connectivity index (χ1n) is 6.42. The van der Waals surface area contributed by atoms with E-state index in [0.29, 0.717) is 30.0 Å². The first kappa shape index (κ1) is 15.0. The van der Waals surface area contributed by atoms with Gasteiger partial charge in [0.25, 0.3) is 0 Å². The zero-order valence-corrected chi connectivity index (χ0v) is 11.4. The third-order valence-corrected chi connectivity index (χ3v) is 2.80. The van der Waals surface area contributed by atoms with Crippen LogP contribution in [0, 0.1) is 11.6 Å². The zero-order valence-electron chi connectivity index (χ0n) is 11.4. The molecule has 2 aromatic rings. The van der Waals surface area contributed by atoms with Gasteiger partial charge in [-0.25, -0.2) is 8.78 Å². The van der Waals surface area contributed by atoms with E-state index >= 15 is 0 Å². The van der Waals surface area contributed by atoms with E-state index < -0.39 is 11.6 Å². The van der Waals surface area contributed by atoms with Crippen LogP contribution in [-0.2, 0) is 6.61 Å². The summed E-state index contributed by atoms with van der Waals surface area (Å²) in [6.45, 7) is 2.15. The molecule has 0 unspecified atom stereocenters. The Morgan fingerprint density at radius 1 is 1.05 bits per heavy atom. The van der Waals surface area contributed by atoms with Crippen LogP contribution >= 0.6 is 0 Å². The van der Waals surface area contributed by atoms with Crippen LogP contribution in [0.2, 0.25) is 0 Å². The van der Waals surface area contributed by atoms with Crippen LogP contribution in [0.4, 0.5) is 8.78 Å². The van der Waals surface area contributed by atoms with Crippen LogP contribution in [0.15, 0.2) is 36.4 Å². The van der Waals surface area contributed by atoms with Crippen LogP contribution in [0.3, 0.4) is 0 Å². The van der Waals surface area contributed by atoms with E-state index in [-0.39, 0.29) is 12.2 Å². The van der Waals surface area contributed by atoms with Gasteiger partial charge in [0.15, 0.2) is 11.5 Å². The minimum absolute atomic E-state index is 0.0629. The Bertz CT molecular complexity index is 641. The van der Waals surface area contributed by atoms with E-state index in [1.165, 1.54) is 12.1 Å². The lowest BCUT2D eigenvalue weighted by Gasteiger charge is -2.12. The summed E-state index contributed by atoms with van der Waals surface area (Å²) in [6, 6.07) is 8.00. The normalized spacial score (nSPS) is 10.2. The van der Waals surface area contributed by atoms with Crippen LogP contribution in [0.5, 0.6) is 11.5 Å². The van der Waals surface area contributed by atoms with Crippen LogP contribution in [0.25, 0.3) is 0 Å². The van der Waals surface area contributed by atoms with Crippen molar-refractivity contribution in [2.75, 3.05) is 6.61 Å². The van der Waals surface area contributed by atoms with Crippen molar-refractivity contribution in [3.8, 4) is 11.5 Å². The average molecular weight is 292 g/mol. The topological polar surface area (TPSA) is 35.5 Å². The fourth-order valence-electron chi connectivity index (χ4n) is 1.78. The van der Waals surface area contributed by atoms with E-state index in [0.717, 1.165) is 6.07 Å². The summed E-state index contributed by atoms with van der Waals surface area (Å²) in [6.07, 6.45) is 0.700. The number of ether oxygens (including phenoxy) is 2. The second kappa shape index (κ2) is 6.83. The Kier molecular flexibility index (Phi) is 4.87. The zero-order chi connectivity index (χ0) is 15.2. The lowest BCUT2D eigenvalue weighted by atomic mass is 10.2. The highest BCUT2D eigenvalue weighted by Crippen LogP contribution is 2.29. The molecule has 0 amide bonds. The fraction of sp³-hybridized carbons (Fsp3) is 0.188. The molecule has 110 valence electrons. The molecule has 0 aromatic heterocycles. The second-order valence-corrected chi connectivity index (χ2v) is 4.28. The van der Waals surface area contributed by atoms with Crippen molar-refractivity contribution >= 4 is 6.29 Å². The molecule has 0 bridgehead atoms. The number of halogens is 2. The summed E-state index contributed by atoms with van der Waals surface area (Å²) in [7, 11) is 0. The molecule has 3 nitrogen and oxygen atoms in total. The molecule has 0 spiro atoms. The average Bonchev–Trinajstić information content (AvgIpc) is 2.47. The fourth-order valence-corrected chi connectivity index (χ4v) is 1.78. The molecule has 0 aliphatic rings. The van der Waals surface area contributed by atoms with Gasteiger partial charge in [-0.3, -0.25) is 4.79 Å². The maximum absolute atomic E-state index is 13.5. The number of hydrogen-bond acceptors (Lipinski definition) is 3. The smallest absolute Gasteiger partial charge is 0.161 e. The highest BCUT2D eigenvalue weighted by Gasteiger charge is 2.09. The Hall–Kier alpha value is -2.43. The van der Waals surface area contributed by atoms with E-state index in [1.54, 1.807) is 25.1 Å². The van der Waals surface area contributed by atoms with Crippen molar-refractivity contribution in [2.45, 2.75) is 13.5 Å². The van der Waals surface area contributed by atoms with Gasteiger partial charge in [-0.05, 0) is 37.3 Å². The summed E-state index contributed by atoms with van der Waals surface area (Å²) >= 11 is 0. The number of benzene rings is 2. The number of rotatable bonds is 6. The second-order valence-electron chi connectivity index (χ2n) is 4.28. The van der Waals surface area contributed by atoms with Gasteiger partial charge in [0.05, 0.1) is 6.61 Å². The van der Waals surface area contributed by atoms with Crippen molar-refractivity contribution in [1.82, 2.24) is 0 Å². The standard InChI is InChI=1S/C16H14F2O3/c1-2-20-16-7-11(9-19)3-6-15(16)21-10-12-4-5-13(17)8-14(12)18/h3-9H,2,10H2,1H3. The maximum Gasteiger partial charge on any atom is 0.161 e. The Morgan fingerprint density at radius 2 is 1.86 bits per heavy atom. The van der Waals surface area contributed by atoms with Crippen LogP contribution in [0.1, 0.15) is 22.8 Å². The molecule has 0 aliphatic heterocycles. The van der Waals surface area contributed by atoms with Crippen molar-refractivity contribution in [3.05, 3.63) is 59.2 Å². The lowest BCUT2D eigenvalue weighted by Crippen LogP contribution is -2.02. The van der Waals surface area contributed by atoms with Gasteiger partial charge < -0.3 is 9.47 Å². The number of hydrogen-bond donors (Lipinski definition) is 0. The molecule has 0 radical (unpaired) electrons. The molecule has 0 saturated carbocycles.